The lowest BCUT2D eigenvalue weighted by molar-refractivity contribution is 0.598. The number of rotatable bonds is 3. The van der Waals surface area contributed by atoms with Crippen molar-refractivity contribution in [3.05, 3.63) is 24.3 Å². The summed E-state index contributed by atoms with van der Waals surface area (Å²) < 4.78 is 22.0. The van der Waals surface area contributed by atoms with Gasteiger partial charge in [0.05, 0.1) is 10.4 Å². The molecule has 0 spiro atoms. The van der Waals surface area contributed by atoms with Crippen LogP contribution in [0.25, 0.3) is 0 Å². The first-order valence-electron chi connectivity index (χ1n) is 4.63. The monoisotopic (exact) mass is 238 g/mol. The first kappa shape index (κ1) is 12.6. The van der Waals surface area contributed by atoms with Gasteiger partial charge < -0.3 is 5.32 Å². The second-order valence-electron chi connectivity index (χ2n) is 3.96. The van der Waals surface area contributed by atoms with Gasteiger partial charge in [-0.15, -0.1) is 6.42 Å². The van der Waals surface area contributed by atoms with Crippen molar-refractivity contribution in [3.63, 3.8) is 0 Å². The fourth-order valence-electron chi connectivity index (χ4n) is 1.12. The Kier molecular flexibility index (Phi) is 3.27. The molecule has 0 fully saturated rings. The Morgan fingerprint density at radius 1 is 1.31 bits per heavy atom. The molecule has 1 rings (SSSR count). The zero-order chi connectivity index (χ0) is 12.4. The van der Waals surface area contributed by atoms with Crippen LogP contribution in [0.1, 0.15) is 13.8 Å². The van der Waals surface area contributed by atoms with Crippen LogP contribution in [-0.4, -0.2) is 14.0 Å². The lowest BCUT2D eigenvalue weighted by atomic mass is 10.1. The van der Waals surface area contributed by atoms with Gasteiger partial charge in [-0.1, -0.05) is 5.92 Å². The molecule has 0 bridgehead atoms. The maximum absolute atomic E-state index is 11.0. The van der Waals surface area contributed by atoms with Crippen molar-refractivity contribution in [1.82, 2.24) is 0 Å². The van der Waals surface area contributed by atoms with E-state index < -0.39 is 15.6 Å². The van der Waals surface area contributed by atoms with Crippen LogP contribution in [0.4, 0.5) is 5.69 Å². The standard InChI is InChI=1S/C11H14N2O2S/c1-4-11(2,3)13-9-5-7-10(8-6-9)16(12,14)15/h1,5-8,13H,2-3H3,(H2,12,14,15). The summed E-state index contributed by atoms with van der Waals surface area (Å²) in [7, 11) is -3.64. The van der Waals surface area contributed by atoms with E-state index in [0.717, 1.165) is 5.69 Å². The normalized spacial score (nSPS) is 11.9. The molecule has 1 aromatic carbocycles. The van der Waals surface area contributed by atoms with E-state index in [2.05, 4.69) is 11.2 Å². The van der Waals surface area contributed by atoms with Gasteiger partial charge in [0.25, 0.3) is 0 Å². The smallest absolute Gasteiger partial charge is 0.238 e. The molecule has 0 aromatic heterocycles. The zero-order valence-electron chi connectivity index (χ0n) is 9.19. The van der Waals surface area contributed by atoms with Gasteiger partial charge in [-0.05, 0) is 38.1 Å². The Morgan fingerprint density at radius 3 is 2.19 bits per heavy atom. The number of hydrogen-bond donors (Lipinski definition) is 2. The van der Waals surface area contributed by atoms with Gasteiger partial charge in [0.2, 0.25) is 10.0 Å². The summed E-state index contributed by atoms with van der Waals surface area (Å²) in [5.74, 6) is 2.58. The number of sulfonamides is 1. The minimum atomic E-state index is -3.64. The van der Waals surface area contributed by atoms with Crippen molar-refractivity contribution in [1.29, 1.82) is 0 Å². The minimum absolute atomic E-state index is 0.0802. The average molecular weight is 238 g/mol. The van der Waals surface area contributed by atoms with Gasteiger partial charge in [0.15, 0.2) is 0 Å². The summed E-state index contributed by atoms with van der Waals surface area (Å²) in [6.45, 7) is 3.70. The van der Waals surface area contributed by atoms with Crippen molar-refractivity contribution in [2.75, 3.05) is 5.32 Å². The van der Waals surface area contributed by atoms with Crippen molar-refractivity contribution in [2.45, 2.75) is 24.3 Å². The summed E-state index contributed by atoms with van der Waals surface area (Å²) in [6, 6.07) is 6.12. The average Bonchev–Trinajstić information content (AvgIpc) is 2.16. The second kappa shape index (κ2) is 4.16. The first-order chi connectivity index (χ1) is 7.24. The number of nitrogens with one attached hydrogen (secondary N) is 1. The molecule has 5 heteroatoms. The summed E-state index contributed by atoms with van der Waals surface area (Å²) in [4.78, 5) is 0.0802. The Morgan fingerprint density at radius 2 is 1.81 bits per heavy atom. The van der Waals surface area contributed by atoms with Gasteiger partial charge in [0.1, 0.15) is 0 Å². The van der Waals surface area contributed by atoms with Gasteiger partial charge >= 0.3 is 0 Å². The predicted octanol–water partition coefficient (Wildman–Crippen LogP) is 1.16. The molecule has 0 radical (unpaired) electrons. The van der Waals surface area contributed by atoms with Crippen LogP contribution in [0.15, 0.2) is 29.2 Å². The predicted molar refractivity (Wildman–Crippen MR) is 64.3 cm³/mol. The van der Waals surface area contributed by atoms with E-state index in [0.29, 0.717) is 0 Å². The molecule has 0 atom stereocenters. The van der Waals surface area contributed by atoms with E-state index in [4.69, 9.17) is 11.6 Å². The van der Waals surface area contributed by atoms with Crippen LogP contribution in [0.5, 0.6) is 0 Å². The molecule has 86 valence electrons. The number of primary sulfonamides is 1. The van der Waals surface area contributed by atoms with Crippen LogP contribution >= 0.6 is 0 Å². The molecular weight excluding hydrogens is 224 g/mol. The molecule has 16 heavy (non-hydrogen) atoms. The molecule has 3 N–H and O–H groups in total. The molecule has 0 aliphatic rings. The summed E-state index contributed by atoms with van der Waals surface area (Å²) in [5, 5.41) is 8.05. The molecular formula is C11H14N2O2S. The summed E-state index contributed by atoms with van der Waals surface area (Å²) in [5.41, 5.74) is 0.263. The van der Waals surface area contributed by atoms with Crippen molar-refractivity contribution in [3.8, 4) is 12.3 Å². The van der Waals surface area contributed by atoms with Gasteiger partial charge in [-0.25, -0.2) is 13.6 Å². The van der Waals surface area contributed by atoms with Crippen molar-refractivity contribution >= 4 is 15.7 Å². The topological polar surface area (TPSA) is 72.2 Å². The van der Waals surface area contributed by atoms with Crippen LogP contribution < -0.4 is 10.5 Å². The molecule has 0 saturated carbocycles. The molecule has 0 unspecified atom stereocenters. The third-order valence-corrected chi connectivity index (χ3v) is 2.93. The number of nitrogens with two attached hydrogens (primary N) is 1. The third kappa shape index (κ3) is 3.26. The SMILES string of the molecule is C#CC(C)(C)Nc1ccc(S(N)(=O)=O)cc1. The highest BCUT2D eigenvalue weighted by molar-refractivity contribution is 7.89. The van der Waals surface area contributed by atoms with E-state index in [-0.39, 0.29) is 4.90 Å². The fourth-order valence-corrected chi connectivity index (χ4v) is 1.64. The van der Waals surface area contributed by atoms with E-state index >= 15 is 0 Å². The molecule has 0 heterocycles. The highest BCUT2D eigenvalue weighted by atomic mass is 32.2. The number of terminal acetylenes is 1. The highest BCUT2D eigenvalue weighted by Gasteiger charge is 2.13. The van der Waals surface area contributed by atoms with Crippen LogP contribution in [0, 0.1) is 12.3 Å². The van der Waals surface area contributed by atoms with Gasteiger partial charge in [-0.2, -0.15) is 0 Å². The second-order valence-corrected chi connectivity index (χ2v) is 5.53. The Balaban J connectivity index is 2.94. The molecule has 0 saturated heterocycles. The Hall–Kier alpha value is -1.51. The van der Waals surface area contributed by atoms with E-state index in [9.17, 15) is 8.42 Å². The van der Waals surface area contributed by atoms with E-state index in [1.807, 2.05) is 13.8 Å². The van der Waals surface area contributed by atoms with Gasteiger partial charge in [-0.3, -0.25) is 0 Å². The maximum atomic E-state index is 11.0. The molecule has 1 aromatic rings. The Bertz CT molecular complexity index is 510. The van der Waals surface area contributed by atoms with Crippen molar-refractivity contribution < 1.29 is 8.42 Å². The van der Waals surface area contributed by atoms with Crippen LogP contribution in [0.3, 0.4) is 0 Å². The van der Waals surface area contributed by atoms with Crippen LogP contribution in [0.2, 0.25) is 0 Å². The first-order valence-corrected chi connectivity index (χ1v) is 6.18. The number of anilines is 1. The lowest BCUT2D eigenvalue weighted by Crippen LogP contribution is -2.28. The molecule has 0 aliphatic carbocycles. The van der Waals surface area contributed by atoms with Crippen LogP contribution in [-0.2, 0) is 10.0 Å². The number of benzene rings is 1. The highest BCUT2D eigenvalue weighted by Crippen LogP contribution is 2.16. The molecule has 4 nitrogen and oxygen atoms in total. The number of hydrogen-bond acceptors (Lipinski definition) is 3. The summed E-state index contributed by atoms with van der Waals surface area (Å²) >= 11 is 0. The Labute approximate surface area is 95.9 Å². The maximum Gasteiger partial charge on any atom is 0.238 e. The molecule has 0 aliphatic heterocycles. The quantitative estimate of drug-likeness (QED) is 0.776. The van der Waals surface area contributed by atoms with E-state index in [1.165, 1.54) is 12.1 Å². The zero-order valence-corrected chi connectivity index (χ0v) is 10.0. The minimum Gasteiger partial charge on any atom is -0.370 e. The largest absolute Gasteiger partial charge is 0.370 e. The van der Waals surface area contributed by atoms with Crippen molar-refractivity contribution in [2.24, 2.45) is 5.14 Å². The molecule has 0 amide bonds. The van der Waals surface area contributed by atoms with Gasteiger partial charge in [0, 0.05) is 5.69 Å². The third-order valence-electron chi connectivity index (χ3n) is 2.00. The van der Waals surface area contributed by atoms with E-state index in [1.54, 1.807) is 12.1 Å². The lowest BCUT2D eigenvalue weighted by Gasteiger charge is -2.21. The summed E-state index contributed by atoms with van der Waals surface area (Å²) in [6.07, 6.45) is 5.32. The fraction of sp³-hybridized carbons (Fsp3) is 0.273.